The number of benzene rings is 1. The van der Waals surface area contributed by atoms with Gasteiger partial charge in [0.15, 0.2) is 0 Å². The standard InChI is InChI=1S/C26H30N6O3/c1-17(28-25(33)22-9-8-21(34-2)16-27-22)23-15-24(31-26(30-23)32-10-12-35-13-11-32)29-20-7-6-18-4-3-5-19(18)14-20/h6-9,14-17H,3-5,10-13H2,1-2H3,(H,28,33)(H,29,30,31)/t17-/m1/s1. The zero-order chi connectivity index (χ0) is 24.2. The number of rotatable bonds is 7. The number of anilines is 3. The quantitative estimate of drug-likeness (QED) is 0.537. The molecule has 35 heavy (non-hydrogen) atoms. The third kappa shape index (κ3) is 5.35. The van der Waals surface area contributed by atoms with Gasteiger partial charge >= 0.3 is 0 Å². The minimum absolute atomic E-state index is 0.278. The third-order valence-electron chi connectivity index (χ3n) is 6.39. The first-order chi connectivity index (χ1) is 17.1. The molecule has 1 fully saturated rings. The van der Waals surface area contributed by atoms with Gasteiger partial charge in [-0.3, -0.25) is 4.79 Å². The Hall–Kier alpha value is -3.72. The molecule has 3 aromatic rings. The van der Waals surface area contributed by atoms with Crippen LogP contribution >= 0.6 is 0 Å². The van der Waals surface area contributed by atoms with Gasteiger partial charge in [-0.1, -0.05) is 6.07 Å². The van der Waals surface area contributed by atoms with Gasteiger partial charge < -0.3 is 25.0 Å². The third-order valence-corrected chi connectivity index (χ3v) is 6.39. The van der Waals surface area contributed by atoms with Crippen LogP contribution in [0, 0.1) is 0 Å². The SMILES string of the molecule is COc1ccc(C(=O)N[C@H](C)c2cc(Nc3ccc4c(c3)CCC4)nc(N3CCOCC3)n2)nc1. The Balaban J connectivity index is 1.39. The molecule has 9 heteroatoms. The van der Waals surface area contributed by atoms with Gasteiger partial charge in [0.05, 0.1) is 38.3 Å². The van der Waals surface area contributed by atoms with Crippen LogP contribution in [0.25, 0.3) is 0 Å². The monoisotopic (exact) mass is 474 g/mol. The summed E-state index contributed by atoms with van der Waals surface area (Å²) in [7, 11) is 1.56. The second-order valence-corrected chi connectivity index (χ2v) is 8.82. The number of ether oxygens (including phenoxy) is 2. The molecule has 2 N–H and O–H groups in total. The topological polar surface area (TPSA) is 102 Å². The smallest absolute Gasteiger partial charge is 0.270 e. The number of hydrogen-bond donors (Lipinski definition) is 2. The minimum Gasteiger partial charge on any atom is -0.495 e. The van der Waals surface area contributed by atoms with E-state index in [1.54, 1.807) is 19.2 Å². The van der Waals surface area contributed by atoms with Gasteiger partial charge in [-0.2, -0.15) is 4.98 Å². The molecule has 0 unspecified atom stereocenters. The highest BCUT2D eigenvalue weighted by molar-refractivity contribution is 5.92. The Morgan fingerprint density at radius 3 is 2.69 bits per heavy atom. The summed E-state index contributed by atoms with van der Waals surface area (Å²) in [6.07, 6.45) is 4.99. The zero-order valence-electron chi connectivity index (χ0n) is 20.1. The molecule has 1 atom stereocenters. The number of nitrogens with one attached hydrogen (secondary N) is 2. The molecule has 2 aliphatic rings. The van der Waals surface area contributed by atoms with Crippen molar-refractivity contribution in [2.75, 3.05) is 43.6 Å². The van der Waals surface area contributed by atoms with Gasteiger partial charge in [0, 0.05) is 24.8 Å². The van der Waals surface area contributed by atoms with E-state index in [9.17, 15) is 4.79 Å². The molecule has 1 aliphatic carbocycles. The Kier molecular flexibility index (Phi) is 6.76. The highest BCUT2D eigenvalue weighted by Crippen LogP contribution is 2.28. The molecular formula is C26H30N6O3. The number of pyridine rings is 1. The molecule has 1 saturated heterocycles. The van der Waals surface area contributed by atoms with Gasteiger partial charge in [-0.15, -0.1) is 0 Å². The van der Waals surface area contributed by atoms with E-state index < -0.39 is 0 Å². The van der Waals surface area contributed by atoms with Crippen molar-refractivity contribution in [1.29, 1.82) is 0 Å². The van der Waals surface area contributed by atoms with Crippen molar-refractivity contribution in [3.8, 4) is 5.75 Å². The Bertz CT molecular complexity index is 1190. The highest BCUT2D eigenvalue weighted by Gasteiger charge is 2.20. The van der Waals surface area contributed by atoms with E-state index in [0.29, 0.717) is 42.1 Å². The fraction of sp³-hybridized carbons (Fsp3) is 0.385. The number of morpholine rings is 1. The maximum Gasteiger partial charge on any atom is 0.270 e. The molecule has 0 saturated carbocycles. The van der Waals surface area contributed by atoms with Gasteiger partial charge in [-0.25, -0.2) is 9.97 Å². The van der Waals surface area contributed by atoms with Crippen molar-refractivity contribution < 1.29 is 14.3 Å². The van der Waals surface area contributed by atoms with E-state index in [1.165, 1.54) is 23.7 Å². The zero-order valence-corrected chi connectivity index (χ0v) is 20.1. The number of hydrogen-bond acceptors (Lipinski definition) is 8. The summed E-state index contributed by atoms with van der Waals surface area (Å²) < 4.78 is 10.6. The van der Waals surface area contributed by atoms with Crippen molar-refractivity contribution in [2.24, 2.45) is 0 Å². The number of carbonyl (C=O) groups excluding carboxylic acids is 1. The molecule has 0 bridgehead atoms. The highest BCUT2D eigenvalue weighted by atomic mass is 16.5. The lowest BCUT2D eigenvalue weighted by Crippen LogP contribution is -2.38. The van der Waals surface area contributed by atoms with Crippen LogP contribution in [0.1, 0.15) is 46.7 Å². The van der Waals surface area contributed by atoms with E-state index in [0.717, 1.165) is 31.6 Å². The van der Waals surface area contributed by atoms with Crippen molar-refractivity contribution in [3.63, 3.8) is 0 Å². The van der Waals surface area contributed by atoms with Crippen LogP contribution in [0.4, 0.5) is 17.5 Å². The average molecular weight is 475 g/mol. The van der Waals surface area contributed by atoms with E-state index in [1.807, 2.05) is 13.0 Å². The van der Waals surface area contributed by atoms with E-state index in [-0.39, 0.29) is 11.9 Å². The number of carbonyl (C=O) groups is 1. The van der Waals surface area contributed by atoms with E-state index >= 15 is 0 Å². The molecule has 1 aliphatic heterocycles. The number of amides is 1. The van der Waals surface area contributed by atoms with Crippen LogP contribution in [0.5, 0.6) is 5.75 Å². The molecule has 1 aromatic carbocycles. The lowest BCUT2D eigenvalue weighted by molar-refractivity contribution is 0.0934. The predicted octanol–water partition coefficient (Wildman–Crippen LogP) is 3.44. The molecule has 0 radical (unpaired) electrons. The fourth-order valence-corrected chi connectivity index (χ4v) is 4.42. The van der Waals surface area contributed by atoms with E-state index in [2.05, 4.69) is 38.7 Å². The number of aromatic nitrogens is 3. The van der Waals surface area contributed by atoms with Crippen molar-refractivity contribution >= 4 is 23.4 Å². The maximum atomic E-state index is 12.8. The number of nitrogens with zero attached hydrogens (tertiary/aromatic N) is 4. The van der Waals surface area contributed by atoms with Crippen LogP contribution in [0.15, 0.2) is 42.6 Å². The first-order valence-electron chi connectivity index (χ1n) is 12.0. The van der Waals surface area contributed by atoms with Crippen molar-refractivity contribution in [2.45, 2.75) is 32.2 Å². The summed E-state index contributed by atoms with van der Waals surface area (Å²) in [5.74, 6) is 1.64. The van der Waals surface area contributed by atoms with Gasteiger partial charge in [0.2, 0.25) is 5.95 Å². The second kappa shape index (κ2) is 10.3. The average Bonchev–Trinajstić information content (AvgIpc) is 3.37. The predicted molar refractivity (Wildman–Crippen MR) is 133 cm³/mol. The lowest BCUT2D eigenvalue weighted by atomic mass is 10.1. The molecule has 9 nitrogen and oxygen atoms in total. The normalized spacial score (nSPS) is 15.9. The number of aryl methyl sites for hydroxylation is 2. The van der Waals surface area contributed by atoms with Crippen LogP contribution in [0.3, 0.4) is 0 Å². The first kappa shape index (κ1) is 23.0. The lowest BCUT2D eigenvalue weighted by Gasteiger charge is -2.28. The maximum absolute atomic E-state index is 12.8. The summed E-state index contributed by atoms with van der Waals surface area (Å²) >= 11 is 0. The molecule has 0 spiro atoms. The molecule has 182 valence electrons. The molecule has 5 rings (SSSR count). The summed E-state index contributed by atoms with van der Waals surface area (Å²) in [6.45, 7) is 4.62. The molecule has 3 heterocycles. The Labute approximate surface area is 204 Å². The molecule has 2 aromatic heterocycles. The van der Waals surface area contributed by atoms with Gasteiger partial charge in [-0.05, 0) is 61.6 Å². The molecule has 1 amide bonds. The summed E-state index contributed by atoms with van der Waals surface area (Å²) in [5.41, 5.74) is 4.85. The first-order valence-corrected chi connectivity index (χ1v) is 12.0. The molecular weight excluding hydrogens is 444 g/mol. The van der Waals surface area contributed by atoms with Crippen LogP contribution in [-0.2, 0) is 17.6 Å². The summed E-state index contributed by atoms with van der Waals surface area (Å²) in [4.78, 5) is 28.7. The second-order valence-electron chi connectivity index (χ2n) is 8.82. The number of fused-ring (bicyclic) bond motifs is 1. The Morgan fingerprint density at radius 2 is 1.91 bits per heavy atom. The van der Waals surface area contributed by atoms with Crippen molar-refractivity contribution in [3.05, 3.63) is 65.1 Å². The Morgan fingerprint density at radius 1 is 1.09 bits per heavy atom. The van der Waals surface area contributed by atoms with Crippen LogP contribution in [-0.4, -0.2) is 54.3 Å². The van der Waals surface area contributed by atoms with Crippen LogP contribution < -0.4 is 20.3 Å². The number of methoxy groups -OCH3 is 1. The largest absolute Gasteiger partial charge is 0.495 e. The fourth-order valence-electron chi connectivity index (χ4n) is 4.42. The minimum atomic E-state index is -0.352. The summed E-state index contributed by atoms with van der Waals surface area (Å²) in [5, 5.41) is 6.46. The van der Waals surface area contributed by atoms with Crippen molar-refractivity contribution in [1.82, 2.24) is 20.3 Å². The van der Waals surface area contributed by atoms with Crippen LogP contribution in [0.2, 0.25) is 0 Å². The van der Waals surface area contributed by atoms with Gasteiger partial charge in [0.1, 0.15) is 17.3 Å². The summed E-state index contributed by atoms with van der Waals surface area (Å²) in [6, 6.07) is 11.4. The van der Waals surface area contributed by atoms with E-state index in [4.69, 9.17) is 19.4 Å². The van der Waals surface area contributed by atoms with Gasteiger partial charge in [0.25, 0.3) is 5.91 Å².